The van der Waals surface area contributed by atoms with Crippen LogP contribution in [0.25, 0.3) is 10.9 Å². The van der Waals surface area contributed by atoms with Gasteiger partial charge in [0, 0.05) is 23.8 Å². The van der Waals surface area contributed by atoms with Crippen LogP contribution >= 0.6 is 0 Å². The molecule has 1 aromatic carbocycles. The standard InChI is InChI=1S/C42H52N4O8S/c1-26-35-30(29-11-8-9-12-31(29)43-26)16-17-40(53-35)23-33-34(47)24-41(37(49)45-55(51,52)39(2)18-19-39)22-28(41)10-6-4-3-5-7-13-32(36(48)46(33)25-40)44-38(50)54-42(20-21-42)27-14-15-27/h6,8-12,27-28,32-33H,3-5,7,13-25H2,1-2H3,(H,44,50)(H,45,49)/b10-6-/t28-,32-,33+,40-,41-/m1/s1. The molecule has 1 spiro atoms. The maximum Gasteiger partial charge on any atom is 0.408 e. The lowest BCUT2D eigenvalue weighted by Gasteiger charge is -2.36. The number of fused-ring (bicyclic) bond motifs is 5. The maximum atomic E-state index is 14.9. The molecule has 0 bridgehead atoms. The number of Topliss-reactive ketones (excluding diaryl/α,β-unsaturated/α-hetero) is 1. The highest BCUT2D eigenvalue weighted by Gasteiger charge is 2.64. The monoisotopic (exact) mass is 772 g/mol. The first-order valence-electron chi connectivity index (χ1n) is 20.4. The second-order valence-corrected chi connectivity index (χ2v) is 20.2. The minimum absolute atomic E-state index is 0.127. The van der Waals surface area contributed by atoms with E-state index < -0.39 is 55.5 Å². The Bertz CT molecular complexity index is 2110. The van der Waals surface area contributed by atoms with E-state index in [1.807, 2.05) is 43.3 Å². The number of carbonyl (C=O) groups is 4. The molecule has 12 nitrogen and oxygen atoms in total. The molecule has 0 radical (unpaired) electrons. The first-order valence-corrected chi connectivity index (χ1v) is 21.9. The van der Waals surface area contributed by atoms with Gasteiger partial charge in [-0.3, -0.25) is 19.1 Å². The van der Waals surface area contributed by atoms with Gasteiger partial charge in [0.25, 0.3) is 0 Å². The van der Waals surface area contributed by atoms with Gasteiger partial charge < -0.3 is 19.7 Å². The number of hydrogen-bond donors (Lipinski definition) is 2. The zero-order valence-corrected chi connectivity index (χ0v) is 32.7. The van der Waals surface area contributed by atoms with Gasteiger partial charge in [-0.2, -0.15) is 0 Å². The zero-order valence-electron chi connectivity index (χ0n) is 31.9. The van der Waals surface area contributed by atoms with Crippen LogP contribution in [-0.4, -0.2) is 76.6 Å². The summed E-state index contributed by atoms with van der Waals surface area (Å²) in [6.45, 7) is 3.67. The number of carbonyl (C=O) groups excluding carboxylic acids is 4. The van der Waals surface area contributed by atoms with Crippen LogP contribution in [-0.2, 0) is 35.6 Å². The summed E-state index contributed by atoms with van der Waals surface area (Å²) >= 11 is 0. The minimum Gasteiger partial charge on any atom is -0.483 e. The third-order valence-corrected chi connectivity index (χ3v) is 16.1. The molecule has 4 saturated carbocycles. The van der Waals surface area contributed by atoms with Crippen molar-refractivity contribution in [1.82, 2.24) is 19.9 Å². The van der Waals surface area contributed by atoms with Crippen LogP contribution in [0.5, 0.6) is 5.75 Å². The number of sulfonamides is 1. The number of para-hydroxylation sites is 1. The lowest BCUT2D eigenvalue weighted by Crippen LogP contribution is -2.53. The van der Waals surface area contributed by atoms with Crippen LogP contribution in [0.15, 0.2) is 36.4 Å². The smallest absolute Gasteiger partial charge is 0.408 e. The van der Waals surface area contributed by atoms with Crippen molar-refractivity contribution in [2.75, 3.05) is 6.54 Å². The third-order valence-electron chi connectivity index (χ3n) is 13.9. The molecule has 3 aliphatic heterocycles. The Kier molecular flexibility index (Phi) is 8.67. The summed E-state index contributed by atoms with van der Waals surface area (Å²) in [7, 11) is -3.93. The Morgan fingerprint density at radius 1 is 1.00 bits per heavy atom. The van der Waals surface area contributed by atoms with Crippen molar-refractivity contribution in [3.63, 3.8) is 0 Å². The third kappa shape index (κ3) is 6.61. The zero-order chi connectivity index (χ0) is 38.4. The molecule has 3 amide bonds. The van der Waals surface area contributed by atoms with Gasteiger partial charge in [0.15, 0.2) is 5.78 Å². The molecule has 4 aliphatic carbocycles. The van der Waals surface area contributed by atoms with Gasteiger partial charge in [-0.05, 0) is 109 Å². The number of benzene rings is 1. The van der Waals surface area contributed by atoms with Gasteiger partial charge >= 0.3 is 6.09 Å². The fraction of sp³-hybridized carbons (Fsp3) is 0.643. The van der Waals surface area contributed by atoms with Crippen molar-refractivity contribution < 1.29 is 37.1 Å². The minimum atomic E-state index is -3.93. The van der Waals surface area contributed by atoms with E-state index in [-0.39, 0.29) is 37.0 Å². The van der Waals surface area contributed by atoms with Crippen molar-refractivity contribution >= 4 is 44.6 Å². The number of aromatic nitrogens is 1. The predicted octanol–water partition coefficient (Wildman–Crippen LogP) is 5.73. The van der Waals surface area contributed by atoms with Gasteiger partial charge in [-0.25, -0.2) is 18.2 Å². The van der Waals surface area contributed by atoms with E-state index in [4.69, 9.17) is 14.5 Å². The molecule has 9 rings (SSSR count). The highest BCUT2D eigenvalue weighted by atomic mass is 32.2. The Labute approximate surface area is 322 Å². The quantitative estimate of drug-likeness (QED) is 0.350. The first-order chi connectivity index (χ1) is 26.3. The fourth-order valence-corrected chi connectivity index (χ4v) is 11.0. The Morgan fingerprint density at radius 3 is 2.53 bits per heavy atom. The molecule has 55 heavy (non-hydrogen) atoms. The molecule has 13 heteroatoms. The van der Waals surface area contributed by atoms with Crippen LogP contribution in [0.1, 0.15) is 114 Å². The molecule has 1 aromatic heterocycles. The molecule has 4 heterocycles. The van der Waals surface area contributed by atoms with Crippen molar-refractivity contribution in [2.45, 2.75) is 145 Å². The average molecular weight is 773 g/mol. The molecule has 5 fully saturated rings. The van der Waals surface area contributed by atoms with Crippen LogP contribution in [0.4, 0.5) is 4.79 Å². The number of rotatable bonds is 6. The summed E-state index contributed by atoms with van der Waals surface area (Å²) in [6.07, 6.45) is 13.1. The van der Waals surface area contributed by atoms with E-state index in [0.29, 0.717) is 56.6 Å². The van der Waals surface area contributed by atoms with Crippen LogP contribution in [0, 0.1) is 24.2 Å². The van der Waals surface area contributed by atoms with Crippen molar-refractivity contribution in [2.24, 2.45) is 17.3 Å². The summed E-state index contributed by atoms with van der Waals surface area (Å²) in [5.41, 5.74) is 0.105. The van der Waals surface area contributed by atoms with Gasteiger partial charge in [0.2, 0.25) is 21.8 Å². The Balaban J connectivity index is 1.04. The van der Waals surface area contributed by atoms with E-state index in [1.54, 1.807) is 11.8 Å². The lowest BCUT2D eigenvalue weighted by molar-refractivity contribution is -0.140. The Hall–Kier alpha value is -4.00. The number of nitrogens with zero attached hydrogens (tertiary/aromatic N) is 2. The number of ketones is 1. The number of allylic oxidation sites excluding steroid dienone is 2. The highest BCUT2D eigenvalue weighted by Crippen LogP contribution is 2.58. The molecule has 2 aromatic rings. The summed E-state index contributed by atoms with van der Waals surface area (Å²) in [5, 5.41) is 3.94. The first kappa shape index (κ1) is 36.6. The lowest BCUT2D eigenvalue weighted by atomic mass is 9.85. The number of hydrogen-bond acceptors (Lipinski definition) is 9. The fourth-order valence-electron chi connectivity index (χ4n) is 9.66. The molecular weight excluding hydrogens is 721 g/mol. The van der Waals surface area contributed by atoms with Gasteiger partial charge in [-0.15, -0.1) is 0 Å². The van der Waals surface area contributed by atoms with E-state index in [2.05, 4.69) is 10.0 Å². The topological polar surface area (TPSA) is 161 Å². The predicted molar refractivity (Wildman–Crippen MR) is 203 cm³/mol. The van der Waals surface area contributed by atoms with E-state index in [1.165, 1.54) is 0 Å². The van der Waals surface area contributed by atoms with Crippen LogP contribution < -0.4 is 14.8 Å². The van der Waals surface area contributed by atoms with Crippen molar-refractivity contribution in [3.8, 4) is 5.75 Å². The van der Waals surface area contributed by atoms with E-state index in [9.17, 15) is 27.6 Å². The average Bonchev–Trinajstić information content (AvgIpc) is 3.95. The number of alkyl carbamates (subject to hydrolysis) is 1. The SMILES string of the molecule is Cc1nc2ccccc2c2c1O[C@]1(CC2)C[C@H]2C(=O)C[C@]3(C(=O)NS(=O)(=O)C4(C)CC4)C[C@H]3/C=C\CCCCC[C@@H](NC(=O)OC3(C4CC4)CC3)C(=O)N2C1. The van der Waals surface area contributed by atoms with Crippen LogP contribution in [0.3, 0.4) is 0 Å². The van der Waals surface area contributed by atoms with Gasteiger partial charge in [0.05, 0.1) is 34.0 Å². The maximum absolute atomic E-state index is 14.9. The normalized spacial score (nSPS) is 32.8. The number of amides is 3. The Morgan fingerprint density at radius 2 is 1.78 bits per heavy atom. The molecule has 7 aliphatic rings. The van der Waals surface area contributed by atoms with Crippen LogP contribution in [0.2, 0.25) is 0 Å². The molecule has 0 unspecified atom stereocenters. The molecule has 1 saturated heterocycles. The second kappa shape index (κ2) is 13.0. The summed E-state index contributed by atoms with van der Waals surface area (Å²) in [4.78, 5) is 63.5. The number of pyridine rings is 1. The molecule has 294 valence electrons. The molecule has 5 atom stereocenters. The summed E-state index contributed by atoms with van der Waals surface area (Å²) in [6, 6.07) is 6.09. The van der Waals surface area contributed by atoms with E-state index >= 15 is 0 Å². The summed E-state index contributed by atoms with van der Waals surface area (Å²) < 4.78 is 40.8. The van der Waals surface area contributed by atoms with E-state index in [0.717, 1.165) is 67.1 Å². The van der Waals surface area contributed by atoms with Gasteiger partial charge in [0.1, 0.15) is 23.0 Å². The summed E-state index contributed by atoms with van der Waals surface area (Å²) in [5.74, 6) is -0.571. The molecule has 2 N–H and O–H groups in total. The molecular formula is C42H52N4O8S. The van der Waals surface area contributed by atoms with Crippen molar-refractivity contribution in [1.29, 1.82) is 0 Å². The van der Waals surface area contributed by atoms with Gasteiger partial charge in [-0.1, -0.05) is 43.2 Å². The number of aryl methyl sites for hydroxylation is 2. The highest BCUT2D eigenvalue weighted by molar-refractivity contribution is 7.91. The second-order valence-electron chi connectivity index (χ2n) is 18.0. The largest absolute Gasteiger partial charge is 0.483 e. The number of ether oxygens (including phenoxy) is 2. The number of nitrogens with one attached hydrogen (secondary N) is 2. The van der Waals surface area contributed by atoms with Crippen molar-refractivity contribution in [3.05, 3.63) is 47.7 Å².